The number of primary sulfonamides is 1. The quantitative estimate of drug-likeness (QED) is 0.773. The van der Waals surface area contributed by atoms with Crippen molar-refractivity contribution in [1.82, 2.24) is 10.3 Å². The molecule has 0 aliphatic carbocycles. The van der Waals surface area contributed by atoms with Crippen LogP contribution in [0.15, 0.2) is 36.7 Å². The fourth-order valence-electron chi connectivity index (χ4n) is 1.97. The van der Waals surface area contributed by atoms with Crippen LogP contribution >= 0.6 is 0 Å². The van der Waals surface area contributed by atoms with Crippen LogP contribution < -0.4 is 10.5 Å². The molecule has 0 amide bonds. The molecule has 2 aromatic rings. The van der Waals surface area contributed by atoms with Crippen molar-refractivity contribution in [3.8, 4) is 0 Å². The maximum Gasteiger partial charge on any atom is 0.209 e. The van der Waals surface area contributed by atoms with Gasteiger partial charge in [-0.3, -0.25) is 4.98 Å². The largest absolute Gasteiger partial charge is 0.313 e. The molecule has 0 bridgehead atoms. The van der Waals surface area contributed by atoms with Crippen LogP contribution in [0.3, 0.4) is 0 Å². The molecular formula is C13H17N3O2S. The summed E-state index contributed by atoms with van der Waals surface area (Å²) in [7, 11) is -3.35. The van der Waals surface area contributed by atoms with Gasteiger partial charge in [0.05, 0.1) is 5.75 Å². The van der Waals surface area contributed by atoms with Crippen molar-refractivity contribution < 1.29 is 8.42 Å². The molecule has 0 saturated carbocycles. The Labute approximate surface area is 112 Å². The third-order valence-electron chi connectivity index (χ3n) is 2.87. The van der Waals surface area contributed by atoms with E-state index in [-0.39, 0.29) is 5.75 Å². The molecule has 19 heavy (non-hydrogen) atoms. The minimum Gasteiger partial charge on any atom is -0.313 e. The number of pyridine rings is 1. The van der Waals surface area contributed by atoms with Gasteiger partial charge in [0, 0.05) is 24.3 Å². The maximum atomic E-state index is 10.8. The highest BCUT2D eigenvalue weighted by atomic mass is 32.2. The number of aromatic nitrogens is 1. The molecule has 0 radical (unpaired) electrons. The summed E-state index contributed by atoms with van der Waals surface area (Å²) < 4.78 is 21.6. The van der Waals surface area contributed by atoms with Crippen LogP contribution in [0.4, 0.5) is 0 Å². The van der Waals surface area contributed by atoms with Gasteiger partial charge < -0.3 is 5.32 Å². The zero-order chi connectivity index (χ0) is 13.7. The van der Waals surface area contributed by atoms with Gasteiger partial charge in [0.15, 0.2) is 0 Å². The second-order valence-corrected chi connectivity index (χ2v) is 6.15. The van der Waals surface area contributed by atoms with Gasteiger partial charge in [0.25, 0.3) is 0 Å². The Hall–Kier alpha value is -1.50. The summed E-state index contributed by atoms with van der Waals surface area (Å²) in [5, 5.41) is 10.4. The van der Waals surface area contributed by atoms with Gasteiger partial charge in [0.1, 0.15) is 0 Å². The Morgan fingerprint density at radius 3 is 2.89 bits per heavy atom. The minimum absolute atomic E-state index is 0.0134. The number of hydrogen-bond donors (Lipinski definition) is 2. The molecule has 1 aromatic heterocycles. The van der Waals surface area contributed by atoms with Crippen LogP contribution in [-0.2, 0) is 16.6 Å². The van der Waals surface area contributed by atoms with Gasteiger partial charge in [0.2, 0.25) is 10.0 Å². The zero-order valence-corrected chi connectivity index (χ0v) is 11.4. The average molecular weight is 279 g/mol. The first-order chi connectivity index (χ1) is 9.06. The lowest BCUT2D eigenvalue weighted by Crippen LogP contribution is -2.22. The number of fused-ring (bicyclic) bond motifs is 1. The van der Waals surface area contributed by atoms with Crippen molar-refractivity contribution in [3.05, 3.63) is 42.2 Å². The molecule has 3 N–H and O–H groups in total. The third-order valence-corrected chi connectivity index (χ3v) is 3.73. The molecule has 1 aromatic carbocycles. The normalized spacial score (nSPS) is 11.8. The predicted octanol–water partition coefficient (Wildman–Crippen LogP) is 1.00. The van der Waals surface area contributed by atoms with Gasteiger partial charge in [-0.25, -0.2) is 13.6 Å². The Balaban J connectivity index is 1.92. The van der Waals surface area contributed by atoms with E-state index in [0.29, 0.717) is 19.5 Å². The Kier molecular flexibility index (Phi) is 4.47. The number of nitrogens with one attached hydrogen (secondary N) is 1. The van der Waals surface area contributed by atoms with Crippen molar-refractivity contribution in [2.45, 2.75) is 13.0 Å². The van der Waals surface area contributed by atoms with Crippen LogP contribution in [0.2, 0.25) is 0 Å². The summed E-state index contributed by atoms with van der Waals surface area (Å²) in [5.74, 6) is 0.0134. The first-order valence-corrected chi connectivity index (χ1v) is 7.80. The number of sulfonamides is 1. The first kappa shape index (κ1) is 13.9. The molecular weight excluding hydrogens is 262 g/mol. The van der Waals surface area contributed by atoms with E-state index in [2.05, 4.69) is 16.4 Å². The van der Waals surface area contributed by atoms with Crippen molar-refractivity contribution in [2.75, 3.05) is 12.3 Å². The third kappa shape index (κ3) is 4.27. The number of rotatable bonds is 6. The Morgan fingerprint density at radius 2 is 2.11 bits per heavy atom. The summed E-state index contributed by atoms with van der Waals surface area (Å²) in [5.41, 5.74) is 1.18. The van der Waals surface area contributed by atoms with Gasteiger partial charge in [-0.15, -0.1) is 0 Å². The van der Waals surface area contributed by atoms with E-state index in [0.717, 1.165) is 10.8 Å². The lowest BCUT2D eigenvalue weighted by atomic mass is 10.1. The second kappa shape index (κ2) is 6.10. The van der Waals surface area contributed by atoms with E-state index in [9.17, 15) is 8.42 Å². The molecule has 2 rings (SSSR count). The SMILES string of the molecule is NS(=O)(=O)CCCNCc1cccc2cnccc12. The van der Waals surface area contributed by atoms with Crippen LogP contribution in [-0.4, -0.2) is 25.7 Å². The molecule has 0 atom stereocenters. The molecule has 0 aliphatic rings. The van der Waals surface area contributed by atoms with E-state index in [1.165, 1.54) is 5.56 Å². The van der Waals surface area contributed by atoms with Crippen LogP contribution in [0.5, 0.6) is 0 Å². The molecule has 102 valence electrons. The molecule has 5 nitrogen and oxygen atoms in total. The number of hydrogen-bond acceptors (Lipinski definition) is 4. The standard InChI is InChI=1S/C13H17N3O2S/c14-19(17,18)8-2-6-15-9-11-3-1-4-12-10-16-7-5-13(11)12/h1,3-5,7,10,15H,2,6,8-9H2,(H2,14,17,18). The minimum atomic E-state index is -3.35. The van der Waals surface area contributed by atoms with Crippen molar-refractivity contribution in [2.24, 2.45) is 5.14 Å². The smallest absolute Gasteiger partial charge is 0.209 e. The fraction of sp³-hybridized carbons (Fsp3) is 0.308. The van der Waals surface area contributed by atoms with E-state index >= 15 is 0 Å². The zero-order valence-electron chi connectivity index (χ0n) is 10.5. The average Bonchev–Trinajstić information content (AvgIpc) is 2.37. The molecule has 1 heterocycles. The summed E-state index contributed by atoms with van der Waals surface area (Å²) in [6.45, 7) is 1.32. The van der Waals surface area contributed by atoms with E-state index < -0.39 is 10.0 Å². The van der Waals surface area contributed by atoms with Crippen molar-refractivity contribution in [3.63, 3.8) is 0 Å². The molecule has 0 saturated heterocycles. The lowest BCUT2D eigenvalue weighted by molar-refractivity contribution is 0.590. The molecule has 6 heteroatoms. The summed E-state index contributed by atoms with van der Waals surface area (Å²) in [6.07, 6.45) is 4.12. The number of benzene rings is 1. The molecule has 0 fully saturated rings. The Bertz CT molecular complexity index is 650. The summed E-state index contributed by atoms with van der Waals surface area (Å²) in [4.78, 5) is 4.09. The number of nitrogens with two attached hydrogens (primary N) is 1. The van der Waals surface area contributed by atoms with Crippen LogP contribution in [0, 0.1) is 0 Å². The van der Waals surface area contributed by atoms with Crippen LogP contribution in [0.1, 0.15) is 12.0 Å². The molecule has 0 unspecified atom stereocenters. The monoisotopic (exact) mass is 279 g/mol. The first-order valence-electron chi connectivity index (χ1n) is 6.09. The van der Waals surface area contributed by atoms with Gasteiger partial charge >= 0.3 is 0 Å². The fourth-order valence-corrected chi connectivity index (χ4v) is 2.51. The summed E-state index contributed by atoms with van der Waals surface area (Å²) >= 11 is 0. The van der Waals surface area contributed by atoms with E-state index in [1.54, 1.807) is 6.20 Å². The Morgan fingerprint density at radius 1 is 1.26 bits per heavy atom. The highest BCUT2D eigenvalue weighted by molar-refractivity contribution is 7.89. The predicted molar refractivity (Wildman–Crippen MR) is 76.0 cm³/mol. The van der Waals surface area contributed by atoms with Gasteiger partial charge in [-0.05, 0) is 30.0 Å². The summed E-state index contributed by atoms with van der Waals surface area (Å²) in [6, 6.07) is 8.05. The number of nitrogens with zero attached hydrogens (tertiary/aromatic N) is 1. The lowest BCUT2D eigenvalue weighted by Gasteiger charge is -2.07. The van der Waals surface area contributed by atoms with Crippen molar-refractivity contribution >= 4 is 20.8 Å². The highest BCUT2D eigenvalue weighted by Gasteiger charge is 2.02. The topological polar surface area (TPSA) is 85.1 Å². The molecule has 0 aliphatic heterocycles. The van der Waals surface area contributed by atoms with Crippen LogP contribution in [0.25, 0.3) is 10.8 Å². The second-order valence-electron chi connectivity index (χ2n) is 4.41. The van der Waals surface area contributed by atoms with Gasteiger partial charge in [-0.2, -0.15) is 0 Å². The maximum absolute atomic E-state index is 10.8. The van der Waals surface area contributed by atoms with Gasteiger partial charge in [-0.1, -0.05) is 18.2 Å². The molecule has 0 spiro atoms. The van der Waals surface area contributed by atoms with E-state index in [4.69, 9.17) is 5.14 Å². The van der Waals surface area contributed by atoms with Crippen molar-refractivity contribution in [1.29, 1.82) is 0 Å². The van der Waals surface area contributed by atoms with E-state index in [1.807, 2.05) is 24.4 Å². The highest BCUT2D eigenvalue weighted by Crippen LogP contribution is 2.16.